The Morgan fingerprint density at radius 1 is 1.24 bits per heavy atom. The number of hydrogen-bond donors (Lipinski definition) is 1. The Morgan fingerprint density at radius 2 is 1.97 bits per heavy atom. The Bertz CT molecular complexity index is 639. The van der Waals surface area contributed by atoms with Crippen molar-refractivity contribution in [1.29, 1.82) is 0 Å². The molecule has 1 heterocycles. The van der Waals surface area contributed by atoms with Crippen LogP contribution < -0.4 is 10.2 Å². The van der Waals surface area contributed by atoms with Crippen LogP contribution in [0.5, 0.6) is 0 Å². The molecule has 2 rings (SSSR count). The second-order valence-corrected chi connectivity index (χ2v) is 8.46. The molecule has 1 aliphatic heterocycles. The van der Waals surface area contributed by atoms with Gasteiger partial charge in [-0.1, -0.05) is 18.2 Å². The Kier molecular flexibility index (Phi) is 8.76. The molecule has 1 aromatic rings. The number of para-hydroxylation sites is 1. The molecule has 1 saturated heterocycles. The molecule has 162 valence electrons. The van der Waals surface area contributed by atoms with E-state index in [4.69, 9.17) is 9.47 Å². The molecular formula is C22H35N3O4. The van der Waals surface area contributed by atoms with Gasteiger partial charge in [0.15, 0.2) is 0 Å². The number of anilines is 1. The van der Waals surface area contributed by atoms with Crippen LogP contribution in [0.4, 0.5) is 10.5 Å². The highest BCUT2D eigenvalue weighted by atomic mass is 16.6. The van der Waals surface area contributed by atoms with Crippen molar-refractivity contribution in [2.75, 3.05) is 44.7 Å². The molecule has 1 aliphatic rings. The lowest BCUT2D eigenvalue weighted by molar-refractivity contribution is -0.122. The van der Waals surface area contributed by atoms with Crippen LogP contribution in [0.3, 0.4) is 0 Å². The summed E-state index contributed by atoms with van der Waals surface area (Å²) in [6, 6.07) is 10.1. The van der Waals surface area contributed by atoms with Crippen LogP contribution in [0, 0.1) is 0 Å². The molecule has 0 saturated carbocycles. The number of rotatable bonds is 9. The van der Waals surface area contributed by atoms with Crippen molar-refractivity contribution in [3.05, 3.63) is 30.3 Å². The van der Waals surface area contributed by atoms with Gasteiger partial charge >= 0.3 is 6.09 Å². The van der Waals surface area contributed by atoms with Gasteiger partial charge in [-0.3, -0.25) is 9.69 Å². The summed E-state index contributed by atoms with van der Waals surface area (Å²) in [6.45, 7) is 7.89. The SMILES string of the molecule is CN(CCCNC(=O)CN(C[C@@H]1CCCO1)C(=O)OC(C)(C)C)c1ccccc1. The standard InChI is InChI=1S/C22H35N3O4/c1-22(2,3)29-21(27)25(16-19-12-8-15-28-19)17-20(26)23-13-9-14-24(4)18-10-6-5-7-11-18/h5-7,10-11,19H,8-9,12-17H2,1-4H3,(H,23,26)/t19-/m0/s1. The maximum Gasteiger partial charge on any atom is 0.410 e. The monoisotopic (exact) mass is 405 g/mol. The molecule has 29 heavy (non-hydrogen) atoms. The van der Waals surface area contributed by atoms with E-state index >= 15 is 0 Å². The molecule has 1 atom stereocenters. The van der Waals surface area contributed by atoms with Gasteiger partial charge in [-0.05, 0) is 52.2 Å². The van der Waals surface area contributed by atoms with Gasteiger partial charge in [0.25, 0.3) is 0 Å². The average Bonchev–Trinajstić information content (AvgIpc) is 3.17. The number of amides is 2. The van der Waals surface area contributed by atoms with Crippen molar-refractivity contribution in [1.82, 2.24) is 10.2 Å². The van der Waals surface area contributed by atoms with Crippen LogP contribution in [0.2, 0.25) is 0 Å². The zero-order chi connectivity index (χ0) is 21.3. The van der Waals surface area contributed by atoms with Gasteiger partial charge in [-0.25, -0.2) is 4.79 Å². The highest BCUT2D eigenvalue weighted by molar-refractivity contribution is 5.82. The summed E-state index contributed by atoms with van der Waals surface area (Å²) in [6.07, 6.45) is 2.18. The first kappa shape index (κ1) is 23.0. The van der Waals surface area contributed by atoms with Crippen LogP contribution in [0.1, 0.15) is 40.0 Å². The van der Waals surface area contributed by atoms with Crippen molar-refractivity contribution in [2.45, 2.75) is 51.7 Å². The van der Waals surface area contributed by atoms with Crippen molar-refractivity contribution < 1.29 is 19.1 Å². The molecule has 0 aliphatic carbocycles. The van der Waals surface area contributed by atoms with Crippen molar-refractivity contribution in [3.63, 3.8) is 0 Å². The maximum atomic E-state index is 12.5. The maximum absolute atomic E-state index is 12.5. The van der Waals surface area contributed by atoms with Crippen molar-refractivity contribution >= 4 is 17.7 Å². The summed E-state index contributed by atoms with van der Waals surface area (Å²) < 4.78 is 11.1. The zero-order valence-corrected chi connectivity index (χ0v) is 18.1. The van der Waals surface area contributed by atoms with E-state index in [1.807, 2.05) is 46.0 Å². The van der Waals surface area contributed by atoms with Gasteiger partial charge in [0.2, 0.25) is 5.91 Å². The molecule has 7 heteroatoms. The van der Waals surface area contributed by atoms with Gasteiger partial charge in [0, 0.05) is 32.4 Å². The van der Waals surface area contributed by atoms with Crippen LogP contribution in [0.15, 0.2) is 30.3 Å². The van der Waals surface area contributed by atoms with Crippen molar-refractivity contribution in [2.24, 2.45) is 0 Å². The third-order valence-electron chi connectivity index (χ3n) is 4.62. The van der Waals surface area contributed by atoms with Gasteiger partial charge in [-0.15, -0.1) is 0 Å². The largest absolute Gasteiger partial charge is 0.444 e. The normalized spacial score (nSPS) is 16.3. The number of carbonyl (C=O) groups excluding carboxylic acids is 2. The van der Waals surface area contributed by atoms with Crippen LogP contribution in [0.25, 0.3) is 0 Å². The number of carbonyl (C=O) groups is 2. The molecule has 1 N–H and O–H groups in total. The van der Waals surface area contributed by atoms with E-state index in [2.05, 4.69) is 22.3 Å². The first-order valence-electron chi connectivity index (χ1n) is 10.4. The van der Waals surface area contributed by atoms with E-state index in [1.54, 1.807) is 0 Å². The third kappa shape index (κ3) is 8.73. The highest BCUT2D eigenvalue weighted by Gasteiger charge is 2.28. The van der Waals surface area contributed by atoms with E-state index in [0.29, 0.717) is 19.7 Å². The highest BCUT2D eigenvalue weighted by Crippen LogP contribution is 2.16. The van der Waals surface area contributed by atoms with Crippen LogP contribution >= 0.6 is 0 Å². The molecular weight excluding hydrogens is 370 g/mol. The molecule has 0 unspecified atom stereocenters. The summed E-state index contributed by atoms with van der Waals surface area (Å²) in [5.41, 5.74) is 0.538. The van der Waals surface area contributed by atoms with E-state index < -0.39 is 11.7 Å². The Hall–Kier alpha value is -2.28. The lowest BCUT2D eigenvalue weighted by Crippen LogP contribution is -2.46. The summed E-state index contributed by atoms with van der Waals surface area (Å²) in [5, 5.41) is 2.91. The van der Waals surface area contributed by atoms with Crippen molar-refractivity contribution in [3.8, 4) is 0 Å². The van der Waals surface area contributed by atoms with Gasteiger partial charge in [0.05, 0.1) is 12.6 Å². The Labute approximate surface area is 174 Å². The predicted octanol–water partition coefficient (Wildman–Crippen LogP) is 3.05. The summed E-state index contributed by atoms with van der Waals surface area (Å²) >= 11 is 0. The lowest BCUT2D eigenvalue weighted by Gasteiger charge is -2.28. The second-order valence-electron chi connectivity index (χ2n) is 8.46. The summed E-state index contributed by atoms with van der Waals surface area (Å²) in [5.74, 6) is -0.184. The minimum atomic E-state index is -0.607. The molecule has 0 aromatic heterocycles. The molecule has 1 fully saturated rings. The minimum Gasteiger partial charge on any atom is -0.444 e. The molecule has 0 radical (unpaired) electrons. The molecule has 0 bridgehead atoms. The number of benzene rings is 1. The fraction of sp³-hybridized carbons (Fsp3) is 0.636. The second kappa shape index (κ2) is 11.0. The van der Waals surface area contributed by atoms with E-state index in [0.717, 1.165) is 31.5 Å². The summed E-state index contributed by atoms with van der Waals surface area (Å²) in [7, 11) is 2.03. The Balaban J connectivity index is 1.77. The lowest BCUT2D eigenvalue weighted by atomic mass is 10.2. The fourth-order valence-electron chi connectivity index (χ4n) is 3.15. The quantitative estimate of drug-likeness (QED) is 0.640. The molecule has 0 spiro atoms. The summed E-state index contributed by atoms with van der Waals surface area (Å²) in [4.78, 5) is 28.5. The first-order chi connectivity index (χ1) is 13.7. The van der Waals surface area contributed by atoms with E-state index in [9.17, 15) is 9.59 Å². The van der Waals surface area contributed by atoms with Gasteiger partial charge in [0.1, 0.15) is 12.1 Å². The minimum absolute atomic E-state index is 0.0245. The number of nitrogens with one attached hydrogen (secondary N) is 1. The average molecular weight is 406 g/mol. The van der Waals surface area contributed by atoms with Gasteiger partial charge < -0.3 is 19.7 Å². The predicted molar refractivity (Wildman–Crippen MR) is 114 cm³/mol. The Morgan fingerprint density at radius 3 is 2.59 bits per heavy atom. The van der Waals surface area contributed by atoms with Crippen LogP contribution in [-0.2, 0) is 14.3 Å². The van der Waals surface area contributed by atoms with E-state index in [-0.39, 0.29) is 18.6 Å². The number of ether oxygens (including phenoxy) is 2. The van der Waals surface area contributed by atoms with Gasteiger partial charge in [-0.2, -0.15) is 0 Å². The molecule has 2 amide bonds. The molecule has 7 nitrogen and oxygen atoms in total. The zero-order valence-electron chi connectivity index (χ0n) is 18.1. The van der Waals surface area contributed by atoms with E-state index in [1.165, 1.54) is 4.90 Å². The number of hydrogen-bond acceptors (Lipinski definition) is 5. The third-order valence-corrected chi connectivity index (χ3v) is 4.62. The topological polar surface area (TPSA) is 71.1 Å². The first-order valence-corrected chi connectivity index (χ1v) is 10.4. The number of nitrogens with zero attached hydrogens (tertiary/aromatic N) is 2. The van der Waals surface area contributed by atoms with Crippen LogP contribution in [-0.4, -0.2) is 68.4 Å². The smallest absolute Gasteiger partial charge is 0.410 e. The molecule has 1 aromatic carbocycles. The fourth-order valence-corrected chi connectivity index (χ4v) is 3.15.